The molecule has 0 bridgehead atoms. The Morgan fingerprint density at radius 1 is 1.05 bits per heavy atom. The molecule has 3 rings (SSSR count). The van der Waals surface area contributed by atoms with E-state index in [0.29, 0.717) is 11.2 Å². The van der Waals surface area contributed by atoms with Gasteiger partial charge in [0.15, 0.2) is 0 Å². The van der Waals surface area contributed by atoms with Crippen LogP contribution in [0.5, 0.6) is 0 Å². The van der Waals surface area contributed by atoms with Crippen LogP contribution < -0.4 is 5.46 Å². The third-order valence-electron chi connectivity index (χ3n) is 2.90. The van der Waals surface area contributed by atoms with Crippen molar-refractivity contribution in [2.24, 2.45) is 0 Å². The van der Waals surface area contributed by atoms with Crippen LogP contribution in [0.2, 0.25) is 0 Å². The van der Waals surface area contributed by atoms with Gasteiger partial charge in [0.25, 0.3) is 5.69 Å². The van der Waals surface area contributed by atoms with E-state index in [2.05, 4.69) is 0 Å². The lowest BCUT2D eigenvalue weighted by atomic mass is 9.95. The number of hydrogen-bond acceptors (Lipinski definition) is 3. The lowest BCUT2D eigenvalue weighted by Crippen LogP contribution is -1.98. The minimum absolute atomic E-state index is 0.0594. The summed E-state index contributed by atoms with van der Waals surface area (Å²) in [7, 11) is 5.71. The van der Waals surface area contributed by atoms with E-state index in [-0.39, 0.29) is 5.69 Å². The van der Waals surface area contributed by atoms with Crippen molar-refractivity contribution in [1.29, 1.82) is 0 Å². The van der Waals surface area contributed by atoms with Gasteiger partial charge in [0.05, 0.1) is 4.92 Å². The van der Waals surface area contributed by atoms with Gasteiger partial charge in [-0.25, -0.2) is 0 Å². The van der Waals surface area contributed by atoms with Crippen molar-refractivity contribution in [1.82, 2.24) is 0 Å². The zero-order chi connectivity index (χ0) is 13.4. The molecule has 0 aliphatic rings. The Morgan fingerprint density at radius 2 is 1.79 bits per heavy atom. The molecule has 0 amide bonds. The van der Waals surface area contributed by atoms with Crippen molar-refractivity contribution in [2.75, 3.05) is 0 Å². The Balaban J connectivity index is 2.06. The maximum absolute atomic E-state index is 10.6. The average molecular weight is 249 g/mol. The molecular formula is C14H8BNO3. The van der Waals surface area contributed by atoms with Crippen molar-refractivity contribution in [3.63, 3.8) is 0 Å². The summed E-state index contributed by atoms with van der Waals surface area (Å²) >= 11 is 0. The number of fused-ring (bicyclic) bond motifs is 1. The Morgan fingerprint density at radius 3 is 2.47 bits per heavy atom. The fourth-order valence-electron chi connectivity index (χ4n) is 1.95. The van der Waals surface area contributed by atoms with Crippen molar-refractivity contribution < 1.29 is 9.34 Å². The molecule has 0 spiro atoms. The first-order chi connectivity index (χ1) is 9.13. The summed E-state index contributed by atoms with van der Waals surface area (Å²) in [6.45, 7) is 0. The van der Waals surface area contributed by atoms with Crippen LogP contribution in [0, 0.1) is 10.1 Å². The standard InChI is InChI=1S/C14H8BNO3/c15-11-3-6-13-10(7-11)8-14(19-13)9-1-4-12(5-2-9)16(17)18/h1-8H. The van der Waals surface area contributed by atoms with Gasteiger partial charge in [-0.3, -0.25) is 10.1 Å². The number of non-ortho nitro benzene ring substituents is 1. The molecule has 90 valence electrons. The van der Waals surface area contributed by atoms with E-state index >= 15 is 0 Å². The zero-order valence-electron chi connectivity index (χ0n) is 9.87. The van der Waals surface area contributed by atoms with E-state index in [1.165, 1.54) is 12.1 Å². The summed E-state index contributed by atoms with van der Waals surface area (Å²) in [4.78, 5) is 10.2. The molecule has 5 heteroatoms. The van der Waals surface area contributed by atoms with Crippen LogP contribution in [0.1, 0.15) is 0 Å². The second-order valence-corrected chi connectivity index (χ2v) is 4.21. The highest BCUT2D eigenvalue weighted by atomic mass is 16.6. The van der Waals surface area contributed by atoms with Gasteiger partial charge in [-0.15, -0.1) is 0 Å². The first kappa shape index (κ1) is 11.5. The molecule has 3 aromatic rings. The first-order valence-corrected chi connectivity index (χ1v) is 5.67. The van der Waals surface area contributed by atoms with Gasteiger partial charge in [-0.1, -0.05) is 17.6 Å². The van der Waals surface area contributed by atoms with Crippen LogP contribution >= 0.6 is 0 Å². The van der Waals surface area contributed by atoms with E-state index in [9.17, 15) is 10.1 Å². The fraction of sp³-hybridized carbons (Fsp3) is 0. The predicted octanol–water partition coefficient (Wildman–Crippen LogP) is 2.80. The molecule has 0 aliphatic carbocycles. The first-order valence-electron chi connectivity index (χ1n) is 5.67. The highest BCUT2D eigenvalue weighted by Crippen LogP contribution is 2.28. The van der Waals surface area contributed by atoms with Crippen LogP contribution in [-0.2, 0) is 0 Å². The number of rotatable bonds is 2. The van der Waals surface area contributed by atoms with Crippen LogP contribution in [-0.4, -0.2) is 12.8 Å². The molecule has 0 atom stereocenters. The molecule has 2 aromatic carbocycles. The van der Waals surface area contributed by atoms with E-state index in [4.69, 9.17) is 12.3 Å². The van der Waals surface area contributed by atoms with Gasteiger partial charge in [0.2, 0.25) is 0 Å². The Hall–Kier alpha value is -2.56. The number of hydrogen-bond donors (Lipinski definition) is 0. The molecule has 2 radical (unpaired) electrons. The second kappa shape index (κ2) is 4.28. The molecular weight excluding hydrogens is 241 g/mol. The summed E-state index contributed by atoms with van der Waals surface area (Å²) in [6, 6.07) is 13.5. The minimum atomic E-state index is -0.427. The van der Waals surface area contributed by atoms with Gasteiger partial charge < -0.3 is 4.42 Å². The predicted molar refractivity (Wildman–Crippen MR) is 73.7 cm³/mol. The van der Waals surface area contributed by atoms with E-state index in [0.717, 1.165) is 16.5 Å². The molecule has 0 saturated heterocycles. The number of nitrogens with zero attached hydrogens (tertiary/aromatic N) is 1. The molecule has 1 aromatic heterocycles. The van der Waals surface area contributed by atoms with Crippen molar-refractivity contribution >= 4 is 30.0 Å². The maximum Gasteiger partial charge on any atom is 0.269 e. The molecule has 0 N–H and O–H groups in total. The highest BCUT2D eigenvalue weighted by Gasteiger charge is 2.09. The molecule has 0 saturated carbocycles. The normalized spacial score (nSPS) is 10.7. The van der Waals surface area contributed by atoms with E-state index < -0.39 is 4.92 Å². The summed E-state index contributed by atoms with van der Waals surface area (Å²) < 4.78 is 5.68. The van der Waals surface area contributed by atoms with E-state index in [1.54, 1.807) is 24.3 Å². The number of nitro benzene ring substituents is 1. The molecule has 0 aliphatic heterocycles. The van der Waals surface area contributed by atoms with Crippen LogP contribution in [0.15, 0.2) is 52.9 Å². The zero-order valence-corrected chi connectivity index (χ0v) is 9.87. The number of nitro groups is 1. The Labute approximate surface area is 110 Å². The van der Waals surface area contributed by atoms with Gasteiger partial charge in [-0.2, -0.15) is 0 Å². The Kier molecular flexibility index (Phi) is 2.60. The fourth-order valence-corrected chi connectivity index (χ4v) is 1.95. The number of furan rings is 1. The lowest BCUT2D eigenvalue weighted by molar-refractivity contribution is -0.384. The highest BCUT2D eigenvalue weighted by molar-refractivity contribution is 6.33. The van der Waals surface area contributed by atoms with Crippen molar-refractivity contribution in [2.45, 2.75) is 0 Å². The molecule has 0 unspecified atom stereocenters. The SMILES string of the molecule is [B]c1ccc2oc(-c3ccc([N+](=O)[O-])cc3)cc2c1. The summed E-state index contributed by atoms with van der Waals surface area (Å²) in [5.74, 6) is 0.662. The molecule has 19 heavy (non-hydrogen) atoms. The summed E-state index contributed by atoms with van der Waals surface area (Å²) in [6.07, 6.45) is 0. The van der Waals surface area contributed by atoms with Crippen LogP contribution in [0.25, 0.3) is 22.3 Å². The monoisotopic (exact) mass is 249 g/mol. The largest absolute Gasteiger partial charge is 0.456 e. The van der Waals surface area contributed by atoms with Crippen molar-refractivity contribution in [3.05, 3.63) is 58.6 Å². The molecule has 4 nitrogen and oxygen atoms in total. The quantitative estimate of drug-likeness (QED) is 0.398. The summed E-state index contributed by atoms with van der Waals surface area (Å²) in [5.41, 5.74) is 2.26. The molecule has 0 fully saturated rings. The Bertz CT molecular complexity index is 762. The average Bonchev–Trinajstić information content (AvgIpc) is 2.81. The van der Waals surface area contributed by atoms with E-state index in [1.807, 2.05) is 12.1 Å². The molecule has 1 heterocycles. The van der Waals surface area contributed by atoms with Gasteiger partial charge in [0.1, 0.15) is 19.2 Å². The number of benzene rings is 2. The topological polar surface area (TPSA) is 56.3 Å². The minimum Gasteiger partial charge on any atom is -0.456 e. The maximum atomic E-state index is 10.6. The summed E-state index contributed by atoms with van der Waals surface area (Å²) in [5, 5.41) is 11.5. The van der Waals surface area contributed by atoms with Crippen LogP contribution in [0.4, 0.5) is 5.69 Å². The van der Waals surface area contributed by atoms with Crippen LogP contribution in [0.3, 0.4) is 0 Å². The van der Waals surface area contributed by atoms with Gasteiger partial charge in [-0.05, 0) is 24.3 Å². The second-order valence-electron chi connectivity index (χ2n) is 4.21. The van der Waals surface area contributed by atoms with Gasteiger partial charge in [0, 0.05) is 23.1 Å². The van der Waals surface area contributed by atoms with Gasteiger partial charge >= 0.3 is 0 Å². The third-order valence-corrected chi connectivity index (χ3v) is 2.90. The van der Waals surface area contributed by atoms with Crippen molar-refractivity contribution in [3.8, 4) is 11.3 Å². The third kappa shape index (κ3) is 2.10. The lowest BCUT2D eigenvalue weighted by Gasteiger charge is -1.95. The smallest absolute Gasteiger partial charge is 0.269 e.